The molecule has 4 aromatic carbocycles. The molecule has 4 aromatic rings. The van der Waals surface area contributed by atoms with E-state index in [9.17, 15) is 0 Å². The lowest BCUT2D eigenvalue weighted by atomic mass is 9.57. The summed E-state index contributed by atoms with van der Waals surface area (Å²) in [6.45, 7) is 4.32. The summed E-state index contributed by atoms with van der Waals surface area (Å²) in [6.07, 6.45) is 0. The van der Waals surface area contributed by atoms with Gasteiger partial charge in [-0.2, -0.15) is 0 Å². The Bertz CT molecular complexity index is 1250. The van der Waals surface area contributed by atoms with Crippen LogP contribution in [0, 0.1) is 13.8 Å². The third-order valence-electron chi connectivity index (χ3n) is 5.84. The zero-order valence-electron chi connectivity index (χ0n) is 14.9. The standard InChI is InChI=1S/C24H16B2/c1-13-3-5-15-11-20-19-8-7-18-17-6-4-14(2)10-21(17)25-23(18)24(19)26-22(20)12-16(15)9-13/h3-12H,1-2H3. The second-order valence-electron chi connectivity index (χ2n) is 7.66. The van der Waals surface area contributed by atoms with Gasteiger partial charge in [-0.1, -0.05) is 87.6 Å². The molecule has 2 heteroatoms. The normalized spacial score (nSPS) is 12.8. The molecule has 0 nitrogen and oxygen atoms in total. The fraction of sp³-hybridized carbons (Fsp3) is 0.0833. The molecule has 0 bridgehead atoms. The number of hydrogen-bond acceptors (Lipinski definition) is 0. The van der Waals surface area contributed by atoms with Crippen LogP contribution in [-0.2, 0) is 0 Å². The Morgan fingerprint density at radius 1 is 0.500 bits per heavy atom. The van der Waals surface area contributed by atoms with Gasteiger partial charge in [0.1, 0.15) is 0 Å². The Hall–Kier alpha value is -2.73. The minimum absolute atomic E-state index is 1.31. The summed E-state index contributed by atoms with van der Waals surface area (Å²) in [5.74, 6) is 0. The van der Waals surface area contributed by atoms with Crippen molar-refractivity contribution in [1.82, 2.24) is 0 Å². The molecule has 2 heterocycles. The maximum atomic E-state index is 2.38. The van der Waals surface area contributed by atoms with Crippen molar-refractivity contribution in [2.24, 2.45) is 0 Å². The molecule has 0 aliphatic carbocycles. The first-order valence-electron chi connectivity index (χ1n) is 9.20. The van der Waals surface area contributed by atoms with Crippen LogP contribution in [0.1, 0.15) is 11.1 Å². The predicted molar refractivity (Wildman–Crippen MR) is 114 cm³/mol. The minimum atomic E-state index is 1.31. The number of benzene rings is 4. The van der Waals surface area contributed by atoms with E-state index in [1.165, 1.54) is 66.0 Å². The molecule has 0 saturated carbocycles. The molecule has 0 fully saturated rings. The molecular weight excluding hydrogens is 310 g/mol. The van der Waals surface area contributed by atoms with E-state index >= 15 is 0 Å². The van der Waals surface area contributed by atoms with Crippen LogP contribution >= 0.6 is 0 Å². The number of hydrogen-bond donors (Lipinski definition) is 0. The minimum Gasteiger partial charge on any atom is -0.0788 e. The number of fused-ring (bicyclic) bond motifs is 8. The summed E-state index contributed by atoms with van der Waals surface area (Å²) in [5.41, 5.74) is 13.5. The van der Waals surface area contributed by atoms with Crippen molar-refractivity contribution in [2.45, 2.75) is 13.8 Å². The van der Waals surface area contributed by atoms with Gasteiger partial charge >= 0.3 is 0 Å². The van der Waals surface area contributed by atoms with Crippen molar-refractivity contribution in [2.75, 3.05) is 0 Å². The van der Waals surface area contributed by atoms with Gasteiger partial charge in [-0.05, 0) is 52.9 Å². The average molecular weight is 326 g/mol. The maximum absolute atomic E-state index is 2.38. The zero-order chi connectivity index (χ0) is 17.4. The van der Waals surface area contributed by atoms with Crippen LogP contribution < -0.4 is 21.9 Å². The quantitative estimate of drug-likeness (QED) is 0.377. The van der Waals surface area contributed by atoms with Crippen LogP contribution in [0.3, 0.4) is 0 Å². The monoisotopic (exact) mass is 326 g/mol. The summed E-state index contributed by atoms with van der Waals surface area (Å²) >= 11 is 0. The molecule has 2 radical (unpaired) electrons. The van der Waals surface area contributed by atoms with Gasteiger partial charge in [0.05, 0.1) is 0 Å². The van der Waals surface area contributed by atoms with Crippen molar-refractivity contribution in [3.8, 4) is 22.3 Å². The molecule has 0 spiro atoms. The van der Waals surface area contributed by atoms with Crippen LogP contribution in [0.2, 0.25) is 0 Å². The highest BCUT2D eigenvalue weighted by Crippen LogP contribution is 2.28. The van der Waals surface area contributed by atoms with Gasteiger partial charge in [-0.3, -0.25) is 0 Å². The summed E-state index contributed by atoms with van der Waals surface area (Å²) in [4.78, 5) is 0. The van der Waals surface area contributed by atoms with E-state index in [2.05, 4.69) is 89.1 Å². The number of rotatable bonds is 0. The first-order chi connectivity index (χ1) is 12.7. The summed E-state index contributed by atoms with van der Waals surface area (Å²) in [6, 6.07) is 22.8. The Balaban J connectivity index is 1.56. The molecule has 0 unspecified atom stereocenters. The van der Waals surface area contributed by atoms with Crippen molar-refractivity contribution < 1.29 is 0 Å². The lowest BCUT2D eigenvalue weighted by molar-refractivity contribution is 1.50. The fourth-order valence-corrected chi connectivity index (χ4v) is 4.56. The third kappa shape index (κ3) is 1.88. The molecular formula is C24H16B2. The van der Waals surface area contributed by atoms with E-state index in [4.69, 9.17) is 0 Å². The zero-order valence-corrected chi connectivity index (χ0v) is 14.9. The van der Waals surface area contributed by atoms with Gasteiger partial charge < -0.3 is 0 Å². The number of aryl methyl sites for hydroxylation is 2. The Labute approximate surface area is 155 Å². The SMILES string of the molecule is Cc1ccc2c(c1)[B]c1c-2ccc2c1[B]c1cc3cc(C)ccc3cc1-2. The Morgan fingerprint density at radius 3 is 1.92 bits per heavy atom. The first kappa shape index (κ1) is 14.4. The van der Waals surface area contributed by atoms with Crippen LogP contribution in [-0.4, -0.2) is 14.6 Å². The van der Waals surface area contributed by atoms with Crippen molar-refractivity contribution in [3.05, 3.63) is 71.8 Å². The Morgan fingerprint density at radius 2 is 1.12 bits per heavy atom. The van der Waals surface area contributed by atoms with Gasteiger partial charge in [-0.25, -0.2) is 0 Å². The summed E-state index contributed by atoms with van der Waals surface area (Å²) in [7, 11) is 4.74. The van der Waals surface area contributed by atoms with E-state index < -0.39 is 0 Å². The lowest BCUT2D eigenvalue weighted by Crippen LogP contribution is -2.39. The highest BCUT2D eigenvalue weighted by Gasteiger charge is 2.29. The summed E-state index contributed by atoms with van der Waals surface area (Å²) in [5, 5.41) is 2.64. The lowest BCUT2D eigenvalue weighted by Gasteiger charge is -2.09. The van der Waals surface area contributed by atoms with Gasteiger partial charge in [0.25, 0.3) is 0 Å². The predicted octanol–water partition coefficient (Wildman–Crippen LogP) is 2.73. The van der Waals surface area contributed by atoms with Crippen LogP contribution in [0.5, 0.6) is 0 Å². The highest BCUT2D eigenvalue weighted by molar-refractivity contribution is 6.84. The van der Waals surface area contributed by atoms with E-state index in [1.54, 1.807) is 0 Å². The average Bonchev–Trinajstić information content (AvgIpc) is 3.16. The molecule has 2 aliphatic heterocycles. The van der Waals surface area contributed by atoms with E-state index in [-0.39, 0.29) is 0 Å². The third-order valence-corrected chi connectivity index (χ3v) is 5.84. The van der Waals surface area contributed by atoms with Crippen molar-refractivity contribution >= 4 is 47.2 Å². The largest absolute Gasteiger partial charge is 0.192 e. The molecule has 26 heavy (non-hydrogen) atoms. The molecule has 0 amide bonds. The van der Waals surface area contributed by atoms with E-state index in [1.807, 2.05) is 0 Å². The van der Waals surface area contributed by atoms with Gasteiger partial charge in [0.2, 0.25) is 0 Å². The van der Waals surface area contributed by atoms with Gasteiger partial charge in [0.15, 0.2) is 14.6 Å². The van der Waals surface area contributed by atoms with Crippen LogP contribution in [0.25, 0.3) is 33.0 Å². The van der Waals surface area contributed by atoms with Crippen LogP contribution in [0.4, 0.5) is 0 Å². The van der Waals surface area contributed by atoms with E-state index in [0.29, 0.717) is 0 Å². The molecule has 6 rings (SSSR count). The Kier molecular flexibility index (Phi) is 2.73. The molecule has 0 N–H and O–H groups in total. The fourth-order valence-electron chi connectivity index (χ4n) is 4.56. The molecule has 0 aromatic heterocycles. The topological polar surface area (TPSA) is 0 Å². The maximum Gasteiger partial charge on any atom is 0.192 e. The van der Waals surface area contributed by atoms with Gasteiger partial charge in [0, 0.05) is 0 Å². The summed E-state index contributed by atoms with van der Waals surface area (Å²) < 4.78 is 0. The smallest absolute Gasteiger partial charge is 0.0788 e. The van der Waals surface area contributed by atoms with Crippen molar-refractivity contribution in [1.29, 1.82) is 0 Å². The van der Waals surface area contributed by atoms with Crippen molar-refractivity contribution in [3.63, 3.8) is 0 Å². The second-order valence-corrected chi connectivity index (χ2v) is 7.66. The van der Waals surface area contributed by atoms with E-state index in [0.717, 1.165) is 0 Å². The van der Waals surface area contributed by atoms with Gasteiger partial charge in [-0.15, -0.1) is 0 Å². The highest BCUT2D eigenvalue weighted by atomic mass is 14.2. The molecule has 0 saturated heterocycles. The van der Waals surface area contributed by atoms with Crippen LogP contribution in [0.15, 0.2) is 60.7 Å². The molecule has 0 atom stereocenters. The second kappa shape index (κ2) is 4.92. The molecule has 118 valence electrons. The molecule has 2 aliphatic rings. The first-order valence-corrected chi connectivity index (χ1v) is 9.20.